The van der Waals surface area contributed by atoms with Gasteiger partial charge in [-0.25, -0.2) is 4.79 Å². The highest BCUT2D eigenvalue weighted by Gasteiger charge is 2.26. The third-order valence-electron chi connectivity index (χ3n) is 5.86. The van der Waals surface area contributed by atoms with Crippen LogP contribution >= 0.6 is 0 Å². The molecule has 2 aromatic carbocycles. The van der Waals surface area contributed by atoms with E-state index in [-0.39, 0.29) is 19.3 Å². The van der Waals surface area contributed by atoms with E-state index in [4.69, 9.17) is 4.74 Å². The van der Waals surface area contributed by atoms with Crippen LogP contribution in [0.25, 0.3) is 11.1 Å². The van der Waals surface area contributed by atoms with Crippen molar-refractivity contribution in [2.24, 2.45) is 13.0 Å². The van der Waals surface area contributed by atoms with Crippen LogP contribution in [0.1, 0.15) is 24.1 Å². The number of aliphatic hydroxyl groups excluding tert-OH is 1. The van der Waals surface area contributed by atoms with Crippen molar-refractivity contribution in [1.82, 2.24) is 9.55 Å². The molecule has 174 valence electrons. The predicted molar refractivity (Wildman–Crippen MR) is 125 cm³/mol. The molecule has 0 radical (unpaired) electrons. The average molecular weight is 453 g/mol. The zero-order valence-corrected chi connectivity index (χ0v) is 18.7. The minimum atomic E-state index is -1.10. The highest BCUT2D eigenvalue weighted by molar-refractivity contribution is 5.70. The molecule has 0 saturated carbocycles. The van der Waals surface area contributed by atoms with Gasteiger partial charge in [0.25, 0.3) is 5.56 Å². The molecule has 0 aliphatic heterocycles. The van der Waals surface area contributed by atoms with Gasteiger partial charge in [-0.05, 0) is 54.5 Å². The number of aryl methyl sites for hydroxylation is 2. The number of aromatic nitrogens is 2. The fourth-order valence-electron chi connectivity index (χ4n) is 3.79. The van der Waals surface area contributed by atoms with E-state index < -0.39 is 29.2 Å². The molecule has 0 bridgehead atoms. The standard InChI is InChI=1S/C25H28N2O6/c1-27-19(15-23(29)26-25(27)32)10-13-21(24(30)31)22(28)14-5-16-3-6-17(7-4-16)18-8-11-20(33-2)12-9-18/h3-4,6-9,11-12,15,21-22,28H,5,10,13-14H2,1-2H3,(H,30,31)(H,26,29,32). The van der Waals surface area contributed by atoms with Crippen LogP contribution in [-0.2, 0) is 24.7 Å². The summed E-state index contributed by atoms with van der Waals surface area (Å²) in [6.45, 7) is 0. The van der Waals surface area contributed by atoms with Crippen molar-refractivity contribution in [1.29, 1.82) is 0 Å². The lowest BCUT2D eigenvalue weighted by atomic mass is 9.91. The summed E-state index contributed by atoms with van der Waals surface area (Å²) in [4.78, 5) is 37.1. The topological polar surface area (TPSA) is 122 Å². The first-order chi connectivity index (χ1) is 15.8. The van der Waals surface area contributed by atoms with E-state index in [1.165, 1.54) is 17.7 Å². The summed E-state index contributed by atoms with van der Waals surface area (Å²) in [5, 5.41) is 20.1. The molecule has 3 rings (SSSR count). The number of aromatic amines is 1. The Balaban J connectivity index is 1.60. The molecule has 0 amide bonds. The van der Waals surface area contributed by atoms with Crippen molar-refractivity contribution in [2.75, 3.05) is 7.11 Å². The first-order valence-electron chi connectivity index (χ1n) is 10.7. The van der Waals surface area contributed by atoms with Gasteiger partial charge in [-0.15, -0.1) is 0 Å². The molecule has 0 saturated heterocycles. The minimum Gasteiger partial charge on any atom is -0.497 e. The normalized spacial score (nSPS) is 12.8. The summed E-state index contributed by atoms with van der Waals surface area (Å²) in [5.41, 5.74) is 2.45. The van der Waals surface area contributed by atoms with Gasteiger partial charge < -0.3 is 19.5 Å². The third-order valence-corrected chi connectivity index (χ3v) is 5.86. The molecule has 3 N–H and O–H groups in total. The number of nitrogens with one attached hydrogen (secondary N) is 1. The highest BCUT2D eigenvalue weighted by Crippen LogP contribution is 2.24. The second-order valence-electron chi connectivity index (χ2n) is 8.00. The van der Waals surface area contributed by atoms with Gasteiger partial charge in [0, 0.05) is 18.8 Å². The number of H-pyrrole nitrogens is 1. The van der Waals surface area contributed by atoms with E-state index in [2.05, 4.69) is 4.98 Å². The number of carbonyl (C=O) groups is 1. The SMILES string of the molecule is COc1ccc(-c2ccc(CCC(O)C(CCc3cc(=O)[nH]c(=O)n3C)C(=O)O)cc2)cc1. The van der Waals surface area contributed by atoms with E-state index >= 15 is 0 Å². The first kappa shape index (κ1) is 24.0. The molecule has 0 aliphatic rings. The van der Waals surface area contributed by atoms with Crippen LogP contribution in [0.4, 0.5) is 0 Å². The molecule has 3 aromatic rings. The number of nitrogens with zero attached hydrogens (tertiary/aromatic N) is 1. The van der Waals surface area contributed by atoms with Crippen molar-refractivity contribution < 1.29 is 19.7 Å². The average Bonchev–Trinajstić information content (AvgIpc) is 2.81. The lowest BCUT2D eigenvalue weighted by molar-refractivity contribution is -0.146. The van der Waals surface area contributed by atoms with Crippen LogP contribution in [0.15, 0.2) is 64.2 Å². The monoisotopic (exact) mass is 452 g/mol. The Bertz CT molecular complexity index is 1200. The van der Waals surface area contributed by atoms with Gasteiger partial charge in [0.15, 0.2) is 0 Å². The number of aliphatic carboxylic acids is 1. The summed E-state index contributed by atoms with van der Waals surface area (Å²) >= 11 is 0. The van der Waals surface area contributed by atoms with E-state index in [1.807, 2.05) is 48.5 Å². The van der Waals surface area contributed by atoms with Crippen LogP contribution in [0.2, 0.25) is 0 Å². The maximum Gasteiger partial charge on any atom is 0.328 e. The molecule has 0 fully saturated rings. The van der Waals surface area contributed by atoms with Gasteiger partial charge in [-0.1, -0.05) is 36.4 Å². The summed E-state index contributed by atoms with van der Waals surface area (Å²) in [6.07, 6.45) is 0.0664. The van der Waals surface area contributed by atoms with E-state index in [1.54, 1.807) is 7.11 Å². The summed E-state index contributed by atoms with van der Waals surface area (Å²) in [7, 11) is 3.13. The van der Waals surface area contributed by atoms with E-state index in [0.29, 0.717) is 12.1 Å². The van der Waals surface area contributed by atoms with Gasteiger partial charge in [-0.2, -0.15) is 0 Å². The fourth-order valence-corrected chi connectivity index (χ4v) is 3.79. The van der Waals surface area contributed by atoms with Gasteiger partial charge in [0.05, 0.1) is 19.1 Å². The predicted octanol–water partition coefficient (Wildman–Crippen LogP) is 2.38. The Morgan fingerprint density at radius 1 is 1.00 bits per heavy atom. The molecule has 8 heteroatoms. The Morgan fingerprint density at radius 3 is 2.18 bits per heavy atom. The number of methoxy groups -OCH3 is 1. The van der Waals surface area contributed by atoms with E-state index in [0.717, 1.165) is 22.4 Å². The van der Waals surface area contributed by atoms with Crippen molar-refractivity contribution >= 4 is 5.97 Å². The Labute approximate surface area is 191 Å². The van der Waals surface area contributed by atoms with Crippen LogP contribution in [0.5, 0.6) is 5.75 Å². The molecule has 33 heavy (non-hydrogen) atoms. The number of hydrogen-bond acceptors (Lipinski definition) is 5. The molecule has 1 aromatic heterocycles. The van der Waals surface area contributed by atoms with Gasteiger partial charge in [-0.3, -0.25) is 14.6 Å². The highest BCUT2D eigenvalue weighted by atomic mass is 16.5. The molecule has 2 unspecified atom stereocenters. The number of hydrogen-bond donors (Lipinski definition) is 3. The fraction of sp³-hybridized carbons (Fsp3) is 0.320. The molecule has 2 atom stereocenters. The van der Waals surface area contributed by atoms with Crippen molar-refractivity contribution in [2.45, 2.75) is 31.8 Å². The Morgan fingerprint density at radius 2 is 1.61 bits per heavy atom. The van der Waals surface area contributed by atoms with Crippen LogP contribution in [-0.4, -0.2) is 38.9 Å². The smallest absolute Gasteiger partial charge is 0.328 e. The lowest BCUT2D eigenvalue weighted by Crippen LogP contribution is -2.32. The third kappa shape index (κ3) is 6.20. The van der Waals surface area contributed by atoms with Gasteiger partial charge >= 0.3 is 11.7 Å². The number of aliphatic hydroxyl groups is 1. The van der Waals surface area contributed by atoms with Crippen molar-refractivity contribution in [3.63, 3.8) is 0 Å². The molecule has 1 heterocycles. The maximum absolute atomic E-state index is 11.7. The second-order valence-corrected chi connectivity index (χ2v) is 8.00. The number of carboxylic acids is 1. The van der Waals surface area contributed by atoms with Crippen molar-refractivity contribution in [3.05, 3.63) is 86.7 Å². The number of benzene rings is 2. The number of rotatable bonds is 10. The van der Waals surface area contributed by atoms with Crippen LogP contribution in [0.3, 0.4) is 0 Å². The second kappa shape index (κ2) is 10.8. The maximum atomic E-state index is 11.7. The van der Waals surface area contributed by atoms with Gasteiger partial charge in [0.1, 0.15) is 5.75 Å². The quantitative estimate of drug-likeness (QED) is 0.434. The lowest BCUT2D eigenvalue weighted by Gasteiger charge is -2.19. The largest absolute Gasteiger partial charge is 0.497 e. The number of carboxylic acid groups (broad SMARTS) is 1. The zero-order valence-electron chi connectivity index (χ0n) is 18.7. The zero-order chi connectivity index (χ0) is 24.0. The Hall–Kier alpha value is -3.65. The molecule has 0 spiro atoms. The Kier molecular flexibility index (Phi) is 7.84. The summed E-state index contributed by atoms with van der Waals surface area (Å²) in [5.74, 6) is -1.32. The molecular weight excluding hydrogens is 424 g/mol. The van der Waals surface area contributed by atoms with E-state index in [9.17, 15) is 24.6 Å². The number of ether oxygens (including phenoxy) is 1. The molecule has 8 nitrogen and oxygen atoms in total. The van der Waals surface area contributed by atoms with Gasteiger partial charge in [0.2, 0.25) is 0 Å². The van der Waals surface area contributed by atoms with Crippen LogP contribution in [0, 0.1) is 5.92 Å². The summed E-state index contributed by atoms with van der Waals surface area (Å²) in [6, 6.07) is 16.9. The van der Waals surface area contributed by atoms with Crippen molar-refractivity contribution in [3.8, 4) is 16.9 Å². The summed E-state index contributed by atoms with van der Waals surface area (Å²) < 4.78 is 6.45. The molecular formula is C25H28N2O6. The molecule has 0 aliphatic carbocycles. The minimum absolute atomic E-state index is 0.115. The van der Waals surface area contributed by atoms with Crippen LogP contribution < -0.4 is 16.0 Å². The first-order valence-corrected chi connectivity index (χ1v) is 10.7.